The fourth-order valence-electron chi connectivity index (χ4n) is 7.35. The van der Waals surface area contributed by atoms with Gasteiger partial charge < -0.3 is 25.0 Å². The van der Waals surface area contributed by atoms with Crippen LogP contribution in [0, 0.1) is 17.8 Å². The second-order valence-corrected chi connectivity index (χ2v) is 12.8. The Balaban J connectivity index is 1.52. The monoisotopic (exact) mass is 579 g/mol. The van der Waals surface area contributed by atoms with Crippen LogP contribution in [-0.2, 0) is 25.5 Å². The van der Waals surface area contributed by atoms with Crippen LogP contribution in [-0.4, -0.2) is 76.2 Å². The van der Waals surface area contributed by atoms with Crippen LogP contribution in [0.1, 0.15) is 39.7 Å². The summed E-state index contributed by atoms with van der Waals surface area (Å²) in [6.45, 7) is 9.77. The largest absolute Gasteiger partial charge is 0.466 e. The molecule has 5 rings (SSSR count). The van der Waals surface area contributed by atoms with E-state index in [1.807, 2.05) is 54.6 Å². The second kappa shape index (κ2) is 12.1. The lowest BCUT2D eigenvalue weighted by atomic mass is 9.66. The highest BCUT2D eigenvalue weighted by atomic mass is 32.2. The van der Waals surface area contributed by atoms with E-state index in [1.54, 1.807) is 23.6 Å². The van der Waals surface area contributed by atoms with Gasteiger partial charge in [0.1, 0.15) is 6.04 Å². The summed E-state index contributed by atoms with van der Waals surface area (Å²) in [6.07, 6.45) is 1.14. The molecule has 220 valence electrons. The highest BCUT2D eigenvalue weighted by molar-refractivity contribution is 8.02. The highest BCUT2D eigenvalue weighted by Gasteiger charge is 2.76. The number of thioether (sulfide) groups is 1. The van der Waals surface area contributed by atoms with Gasteiger partial charge >= 0.3 is 5.97 Å². The Morgan fingerprint density at radius 2 is 1.80 bits per heavy atom. The zero-order valence-corrected chi connectivity index (χ0v) is 25.1. The molecular weight excluding hydrogens is 538 g/mol. The van der Waals surface area contributed by atoms with E-state index in [2.05, 4.69) is 31.0 Å². The lowest BCUT2D eigenvalue weighted by Crippen LogP contribution is -2.57. The van der Waals surface area contributed by atoms with Crippen LogP contribution in [0.4, 0.5) is 11.4 Å². The van der Waals surface area contributed by atoms with E-state index in [0.29, 0.717) is 12.1 Å². The van der Waals surface area contributed by atoms with E-state index < -0.39 is 28.7 Å². The molecule has 2 bridgehead atoms. The summed E-state index contributed by atoms with van der Waals surface area (Å²) in [7, 11) is 0. The number of likely N-dealkylation sites (tertiary alicyclic amines) is 1. The minimum absolute atomic E-state index is 0.0268. The number of esters is 1. The minimum atomic E-state index is -0.840. The third-order valence-corrected chi connectivity index (χ3v) is 11.2. The molecule has 7 atom stereocenters. The topological polar surface area (TPSA) is 99.2 Å². The Labute approximate surface area is 246 Å². The number of rotatable bonds is 11. The Morgan fingerprint density at radius 1 is 1.12 bits per heavy atom. The average molecular weight is 580 g/mol. The third kappa shape index (κ3) is 5.01. The summed E-state index contributed by atoms with van der Waals surface area (Å²) in [5.74, 6) is -2.14. The van der Waals surface area contributed by atoms with Crippen molar-refractivity contribution >= 4 is 40.9 Å². The summed E-state index contributed by atoms with van der Waals surface area (Å²) < 4.78 is 4.66. The van der Waals surface area contributed by atoms with Crippen molar-refractivity contribution in [3.63, 3.8) is 0 Å². The van der Waals surface area contributed by atoms with E-state index in [1.165, 1.54) is 0 Å². The molecule has 9 heteroatoms. The minimum Gasteiger partial charge on any atom is -0.466 e. The van der Waals surface area contributed by atoms with Crippen LogP contribution in [0.25, 0.3) is 0 Å². The number of hydrogen-bond acceptors (Lipinski definition) is 7. The number of anilines is 2. The molecule has 41 heavy (non-hydrogen) atoms. The molecule has 0 saturated carbocycles. The van der Waals surface area contributed by atoms with Gasteiger partial charge in [0.25, 0.3) is 0 Å². The summed E-state index contributed by atoms with van der Waals surface area (Å²) in [4.78, 5) is 45.8. The predicted molar refractivity (Wildman–Crippen MR) is 162 cm³/mol. The summed E-state index contributed by atoms with van der Waals surface area (Å²) in [5.41, 5.74) is 2.68. The maximum atomic E-state index is 14.4. The molecular formula is C32H41N3O5S. The summed E-state index contributed by atoms with van der Waals surface area (Å²) in [6, 6.07) is 16.0. The molecule has 3 saturated heterocycles. The van der Waals surface area contributed by atoms with E-state index in [0.717, 1.165) is 30.8 Å². The lowest BCUT2D eigenvalue weighted by molar-refractivity contribution is -0.154. The predicted octanol–water partition coefficient (Wildman–Crippen LogP) is 3.98. The van der Waals surface area contributed by atoms with Gasteiger partial charge in [0.15, 0.2) is 0 Å². The number of aliphatic hydroxyl groups excluding tert-OH is 1. The number of aliphatic hydroxyl groups is 1. The average Bonchev–Trinajstić information content (AvgIpc) is 3.57. The number of nitrogens with zero attached hydrogens (tertiary/aromatic N) is 2. The molecule has 0 aromatic heterocycles. The highest BCUT2D eigenvalue weighted by Crippen LogP contribution is 2.69. The van der Waals surface area contributed by atoms with Crippen LogP contribution >= 0.6 is 11.8 Å². The Bertz CT molecular complexity index is 1250. The molecule has 2 amide bonds. The molecule has 3 aliphatic rings. The summed E-state index contributed by atoms with van der Waals surface area (Å²) >= 11 is 1.61. The maximum absolute atomic E-state index is 14.4. The van der Waals surface area contributed by atoms with Gasteiger partial charge in [0.2, 0.25) is 11.8 Å². The summed E-state index contributed by atoms with van der Waals surface area (Å²) in [5, 5.41) is 13.6. The number of fused-ring (bicyclic) bond motifs is 1. The normalized spacial score (nSPS) is 28.9. The zero-order valence-electron chi connectivity index (χ0n) is 24.3. The van der Waals surface area contributed by atoms with E-state index in [9.17, 15) is 19.5 Å². The van der Waals surface area contributed by atoms with Crippen molar-refractivity contribution in [2.45, 2.75) is 62.6 Å². The molecule has 2 N–H and O–H groups in total. The van der Waals surface area contributed by atoms with Gasteiger partial charge in [0, 0.05) is 29.7 Å². The van der Waals surface area contributed by atoms with E-state index in [-0.39, 0.29) is 42.2 Å². The molecule has 2 aromatic rings. The molecule has 3 aliphatic heterocycles. The first-order chi connectivity index (χ1) is 19.8. The first-order valence-electron chi connectivity index (χ1n) is 14.8. The molecule has 8 nitrogen and oxygen atoms in total. The Hall–Kier alpha value is -3.04. The van der Waals surface area contributed by atoms with Crippen molar-refractivity contribution in [2.24, 2.45) is 17.8 Å². The second-order valence-electron chi connectivity index (χ2n) is 11.3. The van der Waals surface area contributed by atoms with Crippen LogP contribution in [0.15, 0.2) is 54.6 Å². The number of hydrogen-bond donors (Lipinski definition) is 2. The first-order valence-corrected chi connectivity index (χ1v) is 15.7. The van der Waals surface area contributed by atoms with Crippen LogP contribution in [0.5, 0.6) is 0 Å². The number of nitrogens with one attached hydrogen (secondary N) is 1. The maximum Gasteiger partial charge on any atom is 0.310 e. The SMILES string of the molecule is CCOC(=O)[C@@H]1[C@H]2C(=O)N([C@@H](CO)Cc3ccccc3)C(C(=O)Nc3ccc(N(CC)CC)cc3)C23S[C@@H]1CC3C. The van der Waals surface area contributed by atoms with Crippen molar-refractivity contribution in [3.8, 4) is 0 Å². The lowest BCUT2D eigenvalue weighted by Gasteiger charge is -2.40. The van der Waals surface area contributed by atoms with Gasteiger partial charge in [0.05, 0.1) is 35.8 Å². The van der Waals surface area contributed by atoms with Crippen molar-refractivity contribution in [1.29, 1.82) is 0 Å². The Morgan fingerprint density at radius 3 is 2.41 bits per heavy atom. The third-order valence-electron chi connectivity index (χ3n) is 9.17. The molecule has 3 fully saturated rings. The molecule has 2 aromatic carbocycles. The van der Waals surface area contributed by atoms with Gasteiger partial charge in [-0.15, -0.1) is 11.8 Å². The van der Waals surface area contributed by atoms with Gasteiger partial charge in [-0.25, -0.2) is 0 Å². The molecule has 3 heterocycles. The smallest absolute Gasteiger partial charge is 0.310 e. The number of carbonyl (C=O) groups excluding carboxylic acids is 3. The van der Waals surface area contributed by atoms with Crippen molar-refractivity contribution in [3.05, 3.63) is 60.2 Å². The number of benzene rings is 2. The number of ether oxygens (including phenoxy) is 1. The standard InChI is InChI=1S/C32H41N3O5S/c1-5-34(6-2)23-15-13-22(14-16-23)33-29(37)28-32-20(4)17-25(41-32)26(31(39)40-7-3)27(32)30(38)35(28)24(19-36)18-21-11-9-8-10-12-21/h8-16,20,24-28,36H,5-7,17-19H2,1-4H3,(H,33,37)/t20?,24-,25-,26+,27+,28?,32?/m1/s1. The van der Waals surface area contributed by atoms with Gasteiger partial charge in [-0.3, -0.25) is 14.4 Å². The van der Waals surface area contributed by atoms with Crippen LogP contribution in [0.3, 0.4) is 0 Å². The first kappa shape index (κ1) is 29.5. The van der Waals surface area contributed by atoms with Crippen molar-refractivity contribution < 1.29 is 24.2 Å². The van der Waals surface area contributed by atoms with Gasteiger partial charge in [-0.05, 0) is 69.4 Å². The molecule has 0 aliphatic carbocycles. The molecule has 1 spiro atoms. The van der Waals surface area contributed by atoms with Crippen LogP contribution in [0.2, 0.25) is 0 Å². The van der Waals surface area contributed by atoms with E-state index >= 15 is 0 Å². The fourth-order valence-corrected chi connectivity index (χ4v) is 9.75. The van der Waals surface area contributed by atoms with Gasteiger partial charge in [-0.1, -0.05) is 37.3 Å². The van der Waals surface area contributed by atoms with E-state index in [4.69, 9.17) is 4.74 Å². The number of carbonyl (C=O) groups is 3. The van der Waals surface area contributed by atoms with Crippen molar-refractivity contribution in [2.75, 3.05) is 36.5 Å². The number of amides is 2. The molecule has 3 unspecified atom stereocenters. The molecule has 0 radical (unpaired) electrons. The quantitative estimate of drug-likeness (QED) is 0.389. The van der Waals surface area contributed by atoms with Crippen molar-refractivity contribution in [1.82, 2.24) is 4.90 Å². The van der Waals surface area contributed by atoms with Crippen LogP contribution < -0.4 is 10.2 Å². The van der Waals surface area contributed by atoms with Gasteiger partial charge in [-0.2, -0.15) is 0 Å². The fraction of sp³-hybridized carbons (Fsp3) is 0.531. The Kier molecular flexibility index (Phi) is 8.66. The zero-order chi connectivity index (χ0) is 29.3.